The summed E-state index contributed by atoms with van der Waals surface area (Å²) in [4.78, 5) is 11.1. The lowest BCUT2D eigenvalue weighted by atomic mass is 10.1. The first-order valence-electron chi connectivity index (χ1n) is 6.75. The van der Waals surface area contributed by atoms with Crippen LogP contribution in [0.4, 0.5) is 0 Å². The quantitative estimate of drug-likeness (QED) is 0.897. The smallest absolute Gasteiger partial charge is 0.356 e. The van der Waals surface area contributed by atoms with Crippen LogP contribution in [-0.4, -0.2) is 27.5 Å². The molecular formula is C15H15BrN2O3. The Morgan fingerprint density at radius 1 is 1.52 bits per heavy atom. The molecule has 21 heavy (non-hydrogen) atoms. The molecule has 0 aliphatic heterocycles. The molecule has 0 saturated heterocycles. The highest BCUT2D eigenvalue weighted by atomic mass is 79.9. The Morgan fingerprint density at radius 3 is 2.90 bits per heavy atom. The lowest BCUT2D eigenvalue weighted by Gasteiger charge is -2.13. The van der Waals surface area contributed by atoms with Crippen LogP contribution in [0.5, 0.6) is 5.75 Å². The van der Waals surface area contributed by atoms with Crippen molar-refractivity contribution in [2.24, 2.45) is 13.0 Å². The maximum atomic E-state index is 11.1. The summed E-state index contributed by atoms with van der Waals surface area (Å²) >= 11 is 3.50. The summed E-state index contributed by atoms with van der Waals surface area (Å²) in [6, 6.07) is 7.29. The molecule has 5 nitrogen and oxygen atoms in total. The predicted molar refractivity (Wildman–Crippen MR) is 81.5 cm³/mol. The molecule has 1 N–H and O–H groups in total. The summed E-state index contributed by atoms with van der Waals surface area (Å²) in [5.74, 6) is 0.350. The summed E-state index contributed by atoms with van der Waals surface area (Å²) in [5, 5.41) is 13.1. The van der Waals surface area contributed by atoms with Crippen molar-refractivity contribution >= 4 is 21.9 Å². The number of aromatic nitrogens is 2. The highest BCUT2D eigenvalue weighted by Crippen LogP contribution is 2.38. The van der Waals surface area contributed by atoms with E-state index in [1.54, 1.807) is 17.8 Å². The normalized spacial score (nSPS) is 14.2. The fraction of sp³-hybridized carbons (Fsp3) is 0.333. The second-order valence-corrected chi connectivity index (χ2v) is 6.07. The number of aromatic carboxylic acids is 1. The van der Waals surface area contributed by atoms with Crippen LogP contribution in [0.1, 0.15) is 23.3 Å². The Morgan fingerprint density at radius 2 is 2.29 bits per heavy atom. The maximum Gasteiger partial charge on any atom is 0.356 e. The van der Waals surface area contributed by atoms with E-state index in [4.69, 9.17) is 9.84 Å². The third-order valence-electron chi connectivity index (χ3n) is 3.50. The number of carboxylic acids is 1. The molecule has 0 unspecified atom stereocenters. The molecule has 0 spiro atoms. The molecule has 110 valence electrons. The first-order valence-corrected chi connectivity index (χ1v) is 7.54. The van der Waals surface area contributed by atoms with E-state index in [0.29, 0.717) is 12.5 Å². The van der Waals surface area contributed by atoms with Gasteiger partial charge in [0.25, 0.3) is 0 Å². The molecule has 1 aromatic carbocycles. The summed E-state index contributed by atoms with van der Waals surface area (Å²) < 4.78 is 8.36. The van der Waals surface area contributed by atoms with Gasteiger partial charge in [0, 0.05) is 12.6 Å². The van der Waals surface area contributed by atoms with Gasteiger partial charge >= 0.3 is 5.97 Å². The van der Waals surface area contributed by atoms with Gasteiger partial charge in [-0.2, -0.15) is 5.10 Å². The summed E-state index contributed by atoms with van der Waals surface area (Å²) in [5.41, 5.74) is 1.59. The molecule has 0 atom stereocenters. The second kappa shape index (κ2) is 5.52. The number of carbonyl (C=O) groups is 1. The van der Waals surface area contributed by atoms with Gasteiger partial charge in [0.15, 0.2) is 5.69 Å². The molecule has 6 heteroatoms. The minimum atomic E-state index is -1.03. The molecular weight excluding hydrogens is 336 g/mol. The van der Waals surface area contributed by atoms with E-state index in [1.807, 2.05) is 18.2 Å². The van der Waals surface area contributed by atoms with Gasteiger partial charge in [-0.3, -0.25) is 4.68 Å². The van der Waals surface area contributed by atoms with E-state index in [0.717, 1.165) is 21.5 Å². The zero-order chi connectivity index (χ0) is 15.0. The number of rotatable bonds is 5. The molecule has 1 aromatic heterocycles. The Hall–Kier alpha value is -1.82. The average molecular weight is 351 g/mol. The molecule has 1 aliphatic carbocycles. The third-order valence-corrected chi connectivity index (χ3v) is 4.13. The van der Waals surface area contributed by atoms with Gasteiger partial charge in [-0.15, -0.1) is 0 Å². The summed E-state index contributed by atoms with van der Waals surface area (Å²) in [6.45, 7) is 0.694. The molecule has 0 amide bonds. The number of benzene rings is 1. The fourth-order valence-electron chi connectivity index (χ4n) is 2.17. The number of hydrogen-bond acceptors (Lipinski definition) is 3. The summed E-state index contributed by atoms with van der Waals surface area (Å²) in [7, 11) is 1.73. The molecule has 2 aromatic rings. The first-order chi connectivity index (χ1) is 10.1. The largest absolute Gasteiger partial charge is 0.491 e. The van der Waals surface area contributed by atoms with E-state index >= 15 is 0 Å². The molecule has 0 radical (unpaired) electrons. The monoisotopic (exact) mass is 350 g/mol. The maximum absolute atomic E-state index is 11.1. The van der Waals surface area contributed by atoms with Crippen molar-refractivity contribution in [3.63, 3.8) is 0 Å². The molecule has 1 heterocycles. The number of hydrogen-bond donors (Lipinski definition) is 1. The average Bonchev–Trinajstić information content (AvgIpc) is 3.18. The van der Waals surface area contributed by atoms with Crippen molar-refractivity contribution in [1.29, 1.82) is 0 Å². The minimum absolute atomic E-state index is 0.0284. The van der Waals surface area contributed by atoms with Crippen molar-refractivity contribution in [1.82, 2.24) is 9.78 Å². The van der Waals surface area contributed by atoms with Crippen LogP contribution in [0.2, 0.25) is 0 Å². The topological polar surface area (TPSA) is 64.4 Å². The van der Waals surface area contributed by atoms with E-state index < -0.39 is 5.97 Å². The lowest BCUT2D eigenvalue weighted by molar-refractivity contribution is 0.0689. The Bertz CT molecular complexity index is 692. The van der Waals surface area contributed by atoms with Gasteiger partial charge in [-0.05, 0) is 52.9 Å². The van der Waals surface area contributed by atoms with E-state index in [9.17, 15) is 4.79 Å². The van der Waals surface area contributed by atoms with Crippen molar-refractivity contribution in [3.8, 4) is 17.0 Å². The predicted octanol–water partition coefficient (Wildman–Crippen LogP) is 3.34. The SMILES string of the molecule is Cn1nc(C(=O)O)cc1-c1cccc(Br)c1OCC1CC1. The number of ether oxygens (including phenoxy) is 1. The Labute approximate surface area is 130 Å². The van der Waals surface area contributed by atoms with Crippen molar-refractivity contribution in [2.45, 2.75) is 12.8 Å². The van der Waals surface area contributed by atoms with Gasteiger partial charge in [0.2, 0.25) is 0 Å². The number of nitrogens with zero attached hydrogens (tertiary/aromatic N) is 2. The number of aryl methyl sites for hydroxylation is 1. The molecule has 1 saturated carbocycles. The molecule has 0 bridgehead atoms. The van der Waals surface area contributed by atoms with Gasteiger partial charge in [0.05, 0.1) is 16.8 Å². The Balaban J connectivity index is 2.00. The second-order valence-electron chi connectivity index (χ2n) is 5.21. The lowest BCUT2D eigenvalue weighted by Crippen LogP contribution is -2.03. The zero-order valence-electron chi connectivity index (χ0n) is 11.5. The van der Waals surface area contributed by atoms with Crippen LogP contribution >= 0.6 is 15.9 Å². The van der Waals surface area contributed by atoms with Gasteiger partial charge in [-0.1, -0.05) is 6.07 Å². The number of para-hydroxylation sites is 1. The molecule has 1 fully saturated rings. The summed E-state index contributed by atoms with van der Waals surface area (Å²) in [6.07, 6.45) is 2.43. The minimum Gasteiger partial charge on any atom is -0.491 e. The number of carboxylic acid groups (broad SMARTS) is 1. The number of halogens is 1. The van der Waals surface area contributed by atoms with Crippen molar-refractivity contribution in [3.05, 3.63) is 34.4 Å². The molecule has 1 aliphatic rings. The van der Waals surface area contributed by atoms with Crippen molar-refractivity contribution < 1.29 is 14.6 Å². The van der Waals surface area contributed by atoms with Gasteiger partial charge in [-0.25, -0.2) is 4.79 Å². The standard InChI is InChI=1S/C15H15BrN2O3/c1-18-13(7-12(17-18)15(19)20)10-3-2-4-11(16)14(10)21-8-9-5-6-9/h2-4,7,9H,5-6,8H2,1H3,(H,19,20). The van der Waals surface area contributed by atoms with E-state index in [2.05, 4.69) is 21.0 Å². The van der Waals surface area contributed by atoms with E-state index in [1.165, 1.54) is 12.8 Å². The highest BCUT2D eigenvalue weighted by molar-refractivity contribution is 9.10. The molecule has 3 rings (SSSR count). The zero-order valence-corrected chi connectivity index (χ0v) is 13.1. The van der Waals surface area contributed by atoms with Crippen molar-refractivity contribution in [2.75, 3.05) is 6.61 Å². The Kier molecular flexibility index (Phi) is 3.71. The van der Waals surface area contributed by atoms with Crippen LogP contribution in [0, 0.1) is 5.92 Å². The van der Waals surface area contributed by atoms with E-state index in [-0.39, 0.29) is 5.69 Å². The van der Waals surface area contributed by atoms with Crippen LogP contribution < -0.4 is 4.74 Å². The van der Waals surface area contributed by atoms with Crippen LogP contribution in [0.15, 0.2) is 28.7 Å². The van der Waals surface area contributed by atoms with Crippen LogP contribution in [0.3, 0.4) is 0 Å². The first kappa shape index (κ1) is 14.1. The van der Waals surface area contributed by atoms with Gasteiger partial charge in [0.1, 0.15) is 5.75 Å². The third kappa shape index (κ3) is 2.95. The fourth-order valence-corrected chi connectivity index (χ4v) is 2.65. The highest BCUT2D eigenvalue weighted by Gasteiger charge is 2.24. The van der Waals surface area contributed by atoms with Crippen LogP contribution in [-0.2, 0) is 7.05 Å². The van der Waals surface area contributed by atoms with Gasteiger partial charge < -0.3 is 9.84 Å². The van der Waals surface area contributed by atoms with Crippen LogP contribution in [0.25, 0.3) is 11.3 Å².